The summed E-state index contributed by atoms with van der Waals surface area (Å²) in [6.45, 7) is 6.18. The zero-order valence-corrected chi connectivity index (χ0v) is 9.95. The summed E-state index contributed by atoms with van der Waals surface area (Å²) < 4.78 is 5.44. The second-order valence-electron chi connectivity index (χ2n) is 4.37. The van der Waals surface area contributed by atoms with Gasteiger partial charge in [-0.1, -0.05) is 29.3 Å². The molecule has 0 amide bonds. The average Bonchev–Trinajstić information content (AvgIpc) is 2.62. The Hall–Kier alpha value is -1.54. The van der Waals surface area contributed by atoms with Gasteiger partial charge < -0.3 is 10.2 Å². The molecule has 0 aliphatic rings. The molecule has 0 spiro atoms. The molecular formula is C14H17NO. The van der Waals surface area contributed by atoms with Crippen LogP contribution < -0.4 is 5.73 Å². The fraction of sp³-hybridized carbons (Fsp3) is 0.286. The van der Waals surface area contributed by atoms with Gasteiger partial charge in [-0.05, 0) is 38.0 Å². The molecule has 2 aromatic rings. The van der Waals surface area contributed by atoms with Crippen molar-refractivity contribution < 1.29 is 4.42 Å². The summed E-state index contributed by atoms with van der Waals surface area (Å²) in [6, 6.07) is 8.14. The molecule has 16 heavy (non-hydrogen) atoms. The molecule has 1 aromatic heterocycles. The minimum absolute atomic E-state index is 0.173. The van der Waals surface area contributed by atoms with E-state index in [1.54, 1.807) is 6.26 Å². The van der Waals surface area contributed by atoms with Crippen molar-refractivity contribution in [2.45, 2.75) is 26.8 Å². The van der Waals surface area contributed by atoms with E-state index in [4.69, 9.17) is 10.2 Å². The van der Waals surface area contributed by atoms with Gasteiger partial charge in [-0.25, -0.2) is 0 Å². The Morgan fingerprint density at radius 1 is 1.06 bits per heavy atom. The molecule has 2 rings (SSSR count). The van der Waals surface area contributed by atoms with Crippen molar-refractivity contribution in [3.63, 3.8) is 0 Å². The van der Waals surface area contributed by atoms with Gasteiger partial charge in [-0.15, -0.1) is 0 Å². The van der Waals surface area contributed by atoms with Crippen LogP contribution in [0.15, 0.2) is 34.9 Å². The summed E-state index contributed by atoms with van der Waals surface area (Å²) in [5, 5.41) is 0. The van der Waals surface area contributed by atoms with Crippen LogP contribution in [-0.4, -0.2) is 0 Å². The van der Waals surface area contributed by atoms with E-state index in [1.165, 1.54) is 11.1 Å². The Bertz CT molecular complexity index is 479. The average molecular weight is 215 g/mol. The fourth-order valence-corrected chi connectivity index (χ4v) is 2.04. The molecular weight excluding hydrogens is 198 g/mol. The van der Waals surface area contributed by atoms with E-state index in [2.05, 4.69) is 32.0 Å². The van der Waals surface area contributed by atoms with Crippen LogP contribution in [0.1, 0.15) is 34.1 Å². The van der Waals surface area contributed by atoms with Gasteiger partial charge in [0.25, 0.3) is 0 Å². The standard InChI is InChI=1S/C14H17NO/c1-9-6-10(2)8-12(7-9)13(15)14-11(3)4-5-16-14/h4-8,13H,15H2,1-3H3. The van der Waals surface area contributed by atoms with Crippen LogP contribution in [0.2, 0.25) is 0 Å². The SMILES string of the molecule is Cc1cc(C)cc(C(N)c2occc2C)c1. The third-order valence-electron chi connectivity index (χ3n) is 2.79. The fourth-order valence-electron chi connectivity index (χ4n) is 2.04. The molecule has 0 saturated carbocycles. The lowest BCUT2D eigenvalue weighted by molar-refractivity contribution is 0.486. The number of furan rings is 1. The first kappa shape index (κ1) is 11.0. The number of aryl methyl sites for hydroxylation is 3. The Balaban J connectivity index is 2.41. The highest BCUT2D eigenvalue weighted by Gasteiger charge is 2.14. The molecule has 0 bridgehead atoms. The van der Waals surface area contributed by atoms with E-state index >= 15 is 0 Å². The molecule has 1 unspecified atom stereocenters. The minimum Gasteiger partial charge on any atom is -0.467 e. The van der Waals surface area contributed by atoms with Gasteiger partial charge in [0.15, 0.2) is 0 Å². The second kappa shape index (κ2) is 4.14. The summed E-state index contributed by atoms with van der Waals surface area (Å²) >= 11 is 0. The van der Waals surface area contributed by atoms with Crippen LogP contribution in [0.5, 0.6) is 0 Å². The van der Waals surface area contributed by atoms with E-state index in [0.29, 0.717) is 0 Å². The molecule has 0 aliphatic carbocycles. The molecule has 2 N–H and O–H groups in total. The monoisotopic (exact) mass is 215 g/mol. The van der Waals surface area contributed by atoms with Gasteiger partial charge in [-0.2, -0.15) is 0 Å². The molecule has 0 radical (unpaired) electrons. The third-order valence-corrected chi connectivity index (χ3v) is 2.79. The van der Waals surface area contributed by atoms with Crippen LogP contribution >= 0.6 is 0 Å². The van der Waals surface area contributed by atoms with Crippen molar-refractivity contribution in [1.29, 1.82) is 0 Å². The Morgan fingerprint density at radius 2 is 1.69 bits per heavy atom. The van der Waals surface area contributed by atoms with Gasteiger partial charge in [0.2, 0.25) is 0 Å². The zero-order valence-electron chi connectivity index (χ0n) is 9.95. The summed E-state index contributed by atoms with van der Waals surface area (Å²) in [7, 11) is 0. The van der Waals surface area contributed by atoms with Crippen molar-refractivity contribution in [1.82, 2.24) is 0 Å². The predicted octanol–water partition coefficient (Wildman–Crippen LogP) is 3.25. The topological polar surface area (TPSA) is 39.2 Å². The van der Waals surface area contributed by atoms with E-state index in [1.807, 2.05) is 13.0 Å². The molecule has 84 valence electrons. The molecule has 1 aromatic carbocycles. The van der Waals surface area contributed by atoms with Crippen LogP contribution in [0.3, 0.4) is 0 Å². The maximum atomic E-state index is 6.21. The van der Waals surface area contributed by atoms with Gasteiger partial charge in [0.1, 0.15) is 5.76 Å². The summed E-state index contributed by atoms with van der Waals surface area (Å²) in [4.78, 5) is 0. The summed E-state index contributed by atoms with van der Waals surface area (Å²) in [5.74, 6) is 0.852. The molecule has 0 aliphatic heterocycles. The lowest BCUT2D eigenvalue weighted by atomic mass is 9.99. The molecule has 1 heterocycles. The van der Waals surface area contributed by atoms with Crippen LogP contribution in [0.25, 0.3) is 0 Å². The molecule has 1 atom stereocenters. The molecule has 0 saturated heterocycles. The third kappa shape index (κ3) is 2.02. The Kier molecular flexibility index (Phi) is 2.84. The maximum Gasteiger partial charge on any atom is 0.127 e. The zero-order chi connectivity index (χ0) is 11.7. The molecule has 2 heteroatoms. The lowest BCUT2D eigenvalue weighted by Gasteiger charge is -2.12. The quantitative estimate of drug-likeness (QED) is 0.835. The number of rotatable bonds is 2. The number of hydrogen-bond acceptors (Lipinski definition) is 2. The van der Waals surface area contributed by atoms with E-state index in [9.17, 15) is 0 Å². The van der Waals surface area contributed by atoms with Crippen molar-refractivity contribution >= 4 is 0 Å². The largest absolute Gasteiger partial charge is 0.467 e. The van der Waals surface area contributed by atoms with Gasteiger partial charge >= 0.3 is 0 Å². The van der Waals surface area contributed by atoms with Crippen molar-refractivity contribution in [2.75, 3.05) is 0 Å². The minimum atomic E-state index is -0.173. The van der Waals surface area contributed by atoms with E-state index in [-0.39, 0.29) is 6.04 Å². The summed E-state index contributed by atoms with van der Waals surface area (Å²) in [6.07, 6.45) is 1.69. The maximum absolute atomic E-state index is 6.21. The van der Waals surface area contributed by atoms with Crippen LogP contribution in [-0.2, 0) is 0 Å². The predicted molar refractivity (Wildman–Crippen MR) is 65.4 cm³/mol. The van der Waals surface area contributed by atoms with Crippen molar-refractivity contribution in [3.8, 4) is 0 Å². The Labute approximate surface area is 96.1 Å². The summed E-state index contributed by atoms with van der Waals surface area (Å²) in [5.41, 5.74) is 10.9. The van der Waals surface area contributed by atoms with Gasteiger partial charge in [0, 0.05) is 0 Å². The number of nitrogens with two attached hydrogens (primary N) is 1. The highest BCUT2D eigenvalue weighted by molar-refractivity contribution is 5.35. The smallest absolute Gasteiger partial charge is 0.127 e. The first-order valence-corrected chi connectivity index (χ1v) is 5.45. The molecule has 0 fully saturated rings. The second-order valence-corrected chi connectivity index (χ2v) is 4.37. The van der Waals surface area contributed by atoms with E-state index < -0.39 is 0 Å². The van der Waals surface area contributed by atoms with Gasteiger partial charge in [-0.3, -0.25) is 0 Å². The number of benzene rings is 1. The van der Waals surface area contributed by atoms with Crippen molar-refractivity contribution in [3.05, 3.63) is 58.5 Å². The highest BCUT2D eigenvalue weighted by Crippen LogP contribution is 2.24. The van der Waals surface area contributed by atoms with Crippen LogP contribution in [0, 0.1) is 20.8 Å². The van der Waals surface area contributed by atoms with Gasteiger partial charge in [0.05, 0.1) is 12.3 Å². The number of hydrogen-bond donors (Lipinski definition) is 1. The first-order valence-electron chi connectivity index (χ1n) is 5.45. The highest BCUT2D eigenvalue weighted by atomic mass is 16.3. The Morgan fingerprint density at radius 3 is 2.19 bits per heavy atom. The van der Waals surface area contributed by atoms with Crippen LogP contribution in [0.4, 0.5) is 0 Å². The van der Waals surface area contributed by atoms with E-state index in [0.717, 1.165) is 16.9 Å². The van der Waals surface area contributed by atoms with Crippen molar-refractivity contribution in [2.24, 2.45) is 5.73 Å². The lowest BCUT2D eigenvalue weighted by Crippen LogP contribution is -2.12. The first-order chi connectivity index (χ1) is 7.58. The normalized spacial score (nSPS) is 12.8. The molecule has 2 nitrogen and oxygen atoms in total.